The third-order valence-electron chi connectivity index (χ3n) is 5.13. The molecule has 1 saturated heterocycles. The van der Waals surface area contributed by atoms with Gasteiger partial charge in [0, 0.05) is 24.7 Å². The first-order valence-electron chi connectivity index (χ1n) is 9.27. The van der Waals surface area contributed by atoms with Crippen LogP contribution in [0.25, 0.3) is 0 Å². The molecule has 2 heterocycles. The minimum Gasteiger partial charge on any atom is -0.454 e. The van der Waals surface area contributed by atoms with Crippen molar-refractivity contribution in [3.8, 4) is 11.5 Å². The number of anilines is 1. The molecule has 0 saturated carbocycles. The lowest BCUT2D eigenvalue weighted by Crippen LogP contribution is -2.27. The highest BCUT2D eigenvalue weighted by Gasteiger charge is 2.24. The van der Waals surface area contributed by atoms with Crippen LogP contribution in [0.1, 0.15) is 41.7 Å². The first-order chi connectivity index (χ1) is 13.5. The molecule has 2 aliphatic heterocycles. The molecule has 0 aliphatic carbocycles. The normalized spacial score (nSPS) is 16.1. The molecule has 0 radical (unpaired) electrons. The van der Waals surface area contributed by atoms with Gasteiger partial charge in [-0.25, -0.2) is 0 Å². The van der Waals surface area contributed by atoms with Gasteiger partial charge in [-0.05, 0) is 49.6 Å². The molecular weight excluding hydrogens is 362 g/mol. The van der Waals surface area contributed by atoms with Crippen molar-refractivity contribution in [1.29, 1.82) is 0 Å². The highest BCUT2D eigenvalue weighted by molar-refractivity contribution is 5.96. The maximum Gasteiger partial charge on any atom is 0.293 e. The number of rotatable bonds is 5. The van der Waals surface area contributed by atoms with Crippen LogP contribution in [0.15, 0.2) is 36.4 Å². The Hall–Kier alpha value is -3.29. The molecule has 0 aromatic heterocycles. The van der Waals surface area contributed by atoms with Crippen molar-refractivity contribution in [3.63, 3.8) is 0 Å². The first kappa shape index (κ1) is 18.1. The predicted molar refractivity (Wildman–Crippen MR) is 103 cm³/mol. The molecular formula is C20H21N3O5. The van der Waals surface area contributed by atoms with Crippen molar-refractivity contribution in [1.82, 2.24) is 5.32 Å². The molecule has 4 rings (SSSR count). The van der Waals surface area contributed by atoms with Gasteiger partial charge >= 0.3 is 0 Å². The van der Waals surface area contributed by atoms with Gasteiger partial charge in [0.25, 0.3) is 11.6 Å². The zero-order valence-electron chi connectivity index (χ0n) is 15.5. The zero-order valence-corrected chi connectivity index (χ0v) is 15.5. The fourth-order valence-electron chi connectivity index (χ4n) is 3.58. The summed E-state index contributed by atoms with van der Waals surface area (Å²) in [6.07, 6.45) is 2.04. The lowest BCUT2D eigenvalue weighted by atomic mass is 10.1. The van der Waals surface area contributed by atoms with E-state index in [2.05, 4.69) is 5.32 Å². The molecule has 2 aromatic rings. The molecule has 2 aromatic carbocycles. The van der Waals surface area contributed by atoms with Crippen LogP contribution in [-0.2, 0) is 0 Å². The third-order valence-corrected chi connectivity index (χ3v) is 5.13. The number of fused-ring (bicyclic) bond motifs is 1. The van der Waals surface area contributed by atoms with Crippen LogP contribution in [0.3, 0.4) is 0 Å². The summed E-state index contributed by atoms with van der Waals surface area (Å²) in [4.78, 5) is 25.8. The van der Waals surface area contributed by atoms with Crippen LogP contribution in [-0.4, -0.2) is 30.7 Å². The molecule has 2 aliphatic rings. The second-order valence-electron chi connectivity index (χ2n) is 6.96. The number of carbonyl (C=O) groups excluding carboxylic acids is 1. The Balaban J connectivity index is 1.52. The Morgan fingerprint density at radius 1 is 1.14 bits per heavy atom. The number of nitrogens with zero attached hydrogens (tertiary/aromatic N) is 2. The minimum absolute atomic E-state index is 0.0368. The van der Waals surface area contributed by atoms with Crippen molar-refractivity contribution in [2.75, 3.05) is 24.8 Å². The molecule has 8 nitrogen and oxygen atoms in total. The highest BCUT2D eigenvalue weighted by Crippen LogP contribution is 2.35. The molecule has 1 fully saturated rings. The van der Waals surface area contributed by atoms with Gasteiger partial charge in [-0.3, -0.25) is 14.9 Å². The summed E-state index contributed by atoms with van der Waals surface area (Å²) >= 11 is 0. The van der Waals surface area contributed by atoms with E-state index in [0.717, 1.165) is 31.5 Å². The van der Waals surface area contributed by atoms with E-state index in [-0.39, 0.29) is 30.0 Å². The van der Waals surface area contributed by atoms with Gasteiger partial charge in [-0.2, -0.15) is 0 Å². The Bertz CT molecular complexity index is 924. The SMILES string of the molecule is CC(NC(=O)c1ccc(N2CCCC2)c([N+](=O)[O-])c1)c1ccc2c(c1)OCO2. The van der Waals surface area contributed by atoms with Crippen molar-refractivity contribution in [2.24, 2.45) is 0 Å². The molecule has 1 amide bonds. The molecule has 28 heavy (non-hydrogen) atoms. The molecule has 8 heteroatoms. The van der Waals surface area contributed by atoms with Gasteiger partial charge in [0.2, 0.25) is 6.79 Å². The zero-order chi connectivity index (χ0) is 19.7. The summed E-state index contributed by atoms with van der Waals surface area (Å²) in [5, 5.41) is 14.4. The topological polar surface area (TPSA) is 93.9 Å². The Kier molecular flexibility index (Phi) is 4.77. The molecule has 1 unspecified atom stereocenters. The molecule has 146 valence electrons. The van der Waals surface area contributed by atoms with Gasteiger partial charge in [0.1, 0.15) is 5.69 Å². The van der Waals surface area contributed by atoms with E-state index in [1.54, 1.807) is 18.2 Å². The fraction of sp³-hybridized carbons (Fsp3) is 0.350. The summed E-state index contributed by atoms with van der Waals surface area (Å²) in [7, 11) is 0. The predicted octanol–water partition coefficient (Wildman–Crippen LogP) is 3.41. The smallest absolute Gasteiger partial charge is 0.293 e. The molecule has 1 N–H and O–H groups in total. The maximum absolute atomic E-state index is 12.7. The van der Waals surface area contributed by atoms with Crippen LogP contribution in [0.2, 0.25) is 0 Å². The van der Waals surface area contributed by atoms with Gasteiger partial charge < -0.3 is 19.7 Å². The number of benzene rings is 2. The van der Waals surface area contributed by atoms with E-state index in [0.29, 0.717) is 17.2 Å². The van der Waals surface area contributed by atoms with Gasteiger partial charge in [-0.1, -0.05) is 6.07 Å². The minimum atomic E-state index is -0.425. The van der Waals surface area contributed by atoms with E-state index in [4.69, 9.17) is 9.47 Å². The van der Waals surface area contributed by atoms with Crippen LogP contribution < -0.4 is 19.7 Å². The van der Waals surface area contributed by atoms with E-state index in [9.17, 15) is 14.9 Å². The Labute approximate surface area is 162 Å². The number of nitrogens with one attached hydrogen (secondary N) is 1. The summed E-state index contributed by atoms with van der Waals surface area (Å²) in [5.41, 5.74) is 1.66. The van der Waals surface area contributed by atoms with Crippen molar-refractivity contribution >= 4 is 17.3 Å². The van der Waals surface area contributed by atoms with Crippen molar-refractivity contribution in [2.45, 2.75) is 25.8 Å². The number of nitro benzene ring substituents is 1. The van der Waals surface area contributed by atoms with Crippen LogP contribution in [0.5, 0.6) is 11.5 Å². The summed E-state index contributed by atoms with van der Waals surface area (Å²) in [6, 6.07) is 9.86. The second kappa shape index (κ2) is 7.38. The maximum atomic E-state index is 12.7. The average molecular weight is 383 g/mol. The first-order valence-corrected chi connectivity index (χ1v) is 9.27. The number of nitro groups is 1. The van der Waals surface area contributed by atoms with E-state index < -0.39 is 4.92 Å². The summed E-state index contributed by atoms with van der Waals surface area (Å²) in [6.45, 7) is 3.63. The molecule has 0 bridgehead atoms. The summed E-state index contributed by atoms with van der Waals surface area (Å²) < 4.78 is 10.7. The molecule has 0 spiro atoms. The number of carbonyl (C=O) groups is 1. The highest BCUT2D eigenvalue weighted by atomic mass is 16.7. The van der Waals surface area contributed by atoms with Gasteiger partial charge in [0.05, 0.1) is 11.0 Å². The number of amides is 1. The van der Waals surface area contributed by atoms with E-state index in [1.807, 2.05) is 24.0 Å². The largest absolute Gasteiger partial charge is 0.454 e. The quantitative estimate of drug-likeness (QED) is 0.628. The van der Waals surface area contributed by atoms with E-state index >= 15 is 0 Å². The average Bonchev–Trinajstić information content (AvgIpc) is 3.38. The van der Waals surface area contributed by atoms with E-state index in [1.165, 1.54) is 6.07 Å². The van der Waals surface area contributed by atoms with Gasteiger partial charge in [0.15, 0.2) is 11.5 Å². The van der Waals surface area contributed by atoms with Gasteiger partial charge in [-0.15, -0.1) is 0 Å². The monoisotopic (exact) mass is 383 g/mol. The number of hydrogen-bond acceptors (Lipinski definition) is 6. The fourth-order valence-corrected chi connectivity index (χ4v) is 3.58. The Morgan fingerprint density at radius 2 is 1.89 bits per heavy atom. The third kappa shape index (κ3) is 3.45. The van der Waals surface area contributed by atoms with Crippen molar-refractivity contribution in [3.05, 3.63) is 57.6 Å². The Morgan fingerprint density at radius 3 is 2.64 bits per heavy atom. The standard InChI is InChI=1S/C20H21N3O5/c1-13(14-5-7-18-19(11-14)28-12-27-18)21-20(24)15-4-6-16(17(10-15)23(25)26)22-8-2-3-9-22/h4-7,10-11,13H,2-3,8-9,12H2,1H3,(H,21,24). The lowest BCUT2D eigenvalue weighted by Gasteiger charge is -2.18. The van der Waals surface area contributed by atoms with Crippen LogP contribution in [0, 0.1) is 10.1 Å². The van der Waals surface area contributed by atoms with Crippen LogP contribution in [0.4, 0.5) is 11.4 Å². The lowest BCUT2D eigenvalue weighted by molar-refractivity contribution is -0.384. The van der Waals surface area contributed by atoms with Crippen molar-refractivity contribution < 1.29 is 19.2 Å². The number of ether oxygens (including phenoxy) is 2. The molecule has 1 atom stereocenters. The van der Waals surface area contributed by atoms with Crippen LogP contribution >= 0.6 is 0 Å². The second-order valence-corrected chi connectivity index (χ2v) is 6.96. The number of hydrogen-bond donors (Lipinski definition) is 1. The summed E-state index contributed by atoms with van der Waals surface area (Å²) in [5.74, 6) is 0.959.